The zero-order chi connectivity index (χ0) is 31.0. The number of nitrogens with zero attached hydrogens (tertiary/aromatic N) is 2. The molecule has 0 bridgehead atoms. The molecular weight excluding hydrogens is 629 g/mol. The molecule has 0 saturated heterocycles. The highest BCUT2D eigenvalue weighted by Crippen LogP contribution is 2.32. The lowest BCUT2D eigenvalue weighted by Crippen LogP contribution is -2.51. The standard InChI is InChI=1S/C30H35BrFN3O6S/c1-20(2)17-33-30(37)21(3)34(18-22-6-8-23(31)9-7-22)29(36)19-35(25-12-10-24(32)11-13-25)42(38,39)26-14-15-27(40-4)28(16-26)41-5/h6-16,20-21H,17-19H2,1-5H3,(H,33,37). The van der Waals surface area contributed by atoms with Gasteiger partial charge in [0.1, 0.15) is 18.4 Å². The number of amides is 2. The van der Waals surface area contributed by atoms with E-state index in [9.17, 15) is 22.4 Å². The smallest absolute Gasteiger partial charge is 0.264 e. The molecule has 3 aromatic rings. The van der Waals surface area contributed by atoms with Gasteiger partial charge >= 0.3 is 0 Å². The number of halogens is 2. The van der Waals surface area contributed by atoms with Crippen molar-refractivity contribution in [2.24, 2.45) is 5.92 Å². The quantitative estimate of drug-likeness (QED) is 0.276. The number of anilines is 1. The van der Waals surface area contributed by atoms with Gasteiger partial charge in [0.2, 0.25) is 11.8 Å². The second-order valence-electron chi connectivity index (χ2n) is 9.97. The Kier molecular flexibility index (Phi) is 11.3. The fourth-order valence-electron chi connectivity index (χ4n) is 4.06. The lowest BCUT2D eigenvalue weighted by Gasteiger charge is -2.32. The molecule has 3 rings (SSSR count). The third-order valence-electron chi connectivity index (χ3n) is 6.45. The molecule has 9 nitrogen and oxygen atoms in total. The van der Waals surface area contributed by atoms with Gasteiger partial charge in [-0.25, -0.2) is 12.8 Å². The molecular formula is C30H35BrFN3O6S. The number of rotatable bonds is 13. The minimum Gasteiger partial charge on any atom is -0.493 e. The van der Waals surface area contributed by atoms with Crippen LogP contribution in [0.4, 0.5) is 10.1 Å². The van der Waals surface area contributed by atoms with E-state index in [0.717, 1.165) is 26.5 Å². The van der Waals surface area contributed by atoms with Crippen molar-refractivity contribution in [3.8, 4) is 11.5 Å². The van der Waals surface area contributed by atoms with Crippen LogP contribution in [0.15, 0.2) is 76.1 Å². The Bertz CT molecular complexity index is 1480. The van der Waals surface area contributed by atoms with Crippen LogP contribution in [0.2, 0.25) is 0 Å². The van der Waals surface area contributed by atoms with Gasteiger partial charge in [-0.15, -0.1) is 0 Å². The van der Waals surface area contributed by atoms with E-state index in [2.05, 4.69) is 21.2 Å². The first-order valence-corrected chi connectivity index (χ1v) is 15.4. The Morgan fingerprint density at radius 3 is 2.12 bits per heavy atom. The van der Waals surface area contributed by atoms with Crippen LogP contribution in [0.25, 0.3) is 0 Å². The number of nitrogens with one attached hydrogen (secondary N) is 1. The molecule has 1 atom stereocenters. The van der Waals surface area contributed by atoms with E-state index in [1.807, 2.05) is 26.0 Å². The van der Waals surface area contributed by atoms with Gasteiger partial charge in [-0.05, 0) is 66.9 Å². The zero-order valence-corrected chi connectivity index (χ0v) is 26.5. The third kappa shape index (κ3) is 8.22. The van der Waals surface area contributed by atoms with Gasteiger partial charge in [0.05, 0.1) is 24.8 Å². The summed E-state index contributed by atoms with van der Waals surface area (Å²) in [5.41, 5.74) is 0.811. The molecule has 42 heavy (non-hydrogen) atoms. The van der Waals surface area contributed by atoms with Crippen molar-refractivity contribution in [2.45, 2.75) is 38.3 Å². The Balaban J connectivity index is 2.04. The van der Waals surface area contributed by atoms with Crippen LogP contribution < -0.4 is 19.1 Å². The number of ether oxygens (including phenoxy) is 2. The molecule has 226 valence electrons. The summed E-state index contributed by atoms with van der Waals surface area (Å²) in [4.78, 5) is 28.2. The van der Waals surface area contributed by atoms with Crippen molar-refractivity contribution in [1.82, 2.24) is 10.2 Å². The lowest BCUT2D eigenvalue weighted by molar-refractivity contribution is -0.139. The molecule has 3 aromatic carbocycles. The van der Waals surface area contributed by atoms with Gasteiger partial charge in [-0.1, -0.05) is 41.9 Å². The van der Waals surface area contributed by atoms with Gasteiger partial charge in [0.15, 0.2) is 11.5 Å². The fourth-order valence-corrected chi connectivity index (χ4v) is 5.76. The van der Waals surface area contributed by atoms with E-state index in [1.165, 1.54) is 49.5 Å². The molecule has 0 aliphatic carbocycles. The number of hydrogen-bond donors (Lipinski definition) is 1. The number of hydrogen-bond acceptors (Lipinski definition) is 6. The Morgan fingerprint density at radius 2 is 1.55 bits per heavy atom. The lowest BCUT2D eigenvalue weighted by atomic mass is 10.1. The maximum Gasteiger partial charge on any atom is 0.264 e. The van der Waals surface area contributed by atoms with Crippen molar-refractivity contribution in [3.63, 3.8) is 0 Å². The summed E-state index contributed by atoms with van der Waals surface area (Å²) in [5.74, 6) is -0.874. The largest absolute Gasteiger partial charge is 0.493 e. The minimum absolute atomic E-state index is 0.0516. The number of carbonyl (C=O) groups excluding carboxylic acids is 2. The predicted octanol–water partition coefficient (Wildman–Crippen LogP) is 4.99. The van der Waals surface area contributed by atoms with Gasteiger partial charge in [0.25, 0.3) is 10.0 Å². The number of benzene rings is 3. The highest BCUT2D eigenvalue weighted by atomic mass is 79.9. The Hall–Kier alpha value is -3.64. The van der Waals surface area contributed by atoms with E-state index in [1.54, 1.807) is 19.1 Å². The van der Waals surface area contributed by atoms with Crippen molar-refractivity contribution in [3.05, 3.63) is 82.6 Å². The van der Waals surface area contributed by atoms with Gasteiger partial charge in [0, 0.05) is 23.6 Å². The summed E-state index contributed by atoms with van der Waals surface area (Å²) in [6.07, 6.45) is 0. The SMILES string of the molecule is COc1ccc(S(=O)(=O)N(CC(=O)N(Cc2ccc(Br)cc2)C(C)C(=O)NCC(C)C)c2ccc(F)cc2)cc1OC. The number of methoxy groups -OCH3 is 2. The van der Waals surface area contributed by atoms with Crippen molar-refractivity contribution in [1.29, 1.82) is 0 Å². The van der Waals surface area contributed by atoms with Crippen LogP contribution in [-0.4, -0.2) is 58.5 Å². The maximum absolute atomic E-state index is 14.0. The molecule has 2 amide bonds. The first-order chi connectivity index (χ1) is 19.9. The van der Waals surface area contributed by atoms with Crippen LogP contribution >= 0.6 is 15.9 Å². The topological polar surface area (TPSA) is 105 Å². The molecule has 0 saturated carbocycles. The van der Waals surface area contributed by atoms with E-state index >= 15 is 0 Å². The van der Waals surface area contributed by atoms with E-state index in [4.69, 9.17) is 9.47 Å². The first kappa shape index (κ1) is 32.9. The number of sulfonamides is 1. The van der Waals surface area contributed by atoms with E-state index in [-0.39, 0.29) is 34.7 Å². The van der Waals surface area contributed by atoms with Crippen molar-refractivity contribution < 1.29 is 31.9 Å². The van der Waals surface area contributed by atoms with Gasteiger partial charge < -0.3 is 19.7 Å². The molecule has 0 aliphatic rings. The highest BCUT2D eigenvalue weighted by Gasteiger charge is 2.33. The molecule has 0 fully saturated rings. The molecule has 12 heteroatoms. The minimum atomic E-state index is -4.38. The molecule has 0 aliphatic heterocycles. The monoisotopic (exact) mass is 663 g/mol. The average molecular weight is 665 g/mol. The third-order valence-corrected chi connectivity index (χ3v) is 8.75. The second kappa shape index (κ2) is 14.5. The summed E-state index contributed by atoms with van der Waals surface area (Å²) >= 11 is 3.39. The summed E-state index contributed by atoms with van der Waals surface area (Å²) in [5, 5.41) is 2.84. The van der Waals surface area contributed by atoms with Gasteiger partial charge in [-0.2, -0.15) is 0 Å². The van der Waals surface area contributed by atoms with Crippen LogP contribution in [0.5, 0.6) is 11.5 Å². The Labute approximate surface area is 254 Å². The molecule has 0 spiro atoms. The predicted molar refractivity (Wildman–Crippen MR) is 162 cm³/mol. The molecule has 0 heterocycles. The second-order valence-corrected chi connectivity index (χ2v) is 12.7. The van der Waals surface area contributed by atoms with Gasteiger partial charge in [-0.3, -0.25) is 13.9 Å². The van der Waals surface area contributed by atoms with Crippen LogP contribution in [0.3, 0.4) is 0 Å². The summed E-state index contributed by atoms with van der Waals surface area (Å²) in [7, 11) is -1.58. The normalized spacial score (nSPS) is 12.0. The van der Waals surface area contributed by atoms with Crippen LogP contribution in [0, 0.1) is 11.7 Å². The molecule has 1 unspecified atom stereocenters. The highest BCUT2D eigenvalue weighted by molar-refractivity contribution is 9.10. The summed E-state index contributed by atoms with van der Waals surface area (Å²) in [6.45, 7) is 5.32. The first-order valence-electron chi connectivity index (χ1n) is 13.2. The average Bonchev–Trinajstić information content (AvgIpc) is 2.97. The molecule has 1 N–H and O–H groups in total. The molecule has 0 radical (unpaired) electrons. The van der Waals surface area contributed by atoms with Crippen molar-refractivity contribution >= 4 is 43.5 Å². The summed E-state index contributed by atoms with van der Waals surface area (Å²) in [6, 6.07) is 15.2. The number of carbonyl (C=O) groups is 2. The fraction of sp³-hybridized carbons (Fsp3) is 0.333. The zero-order valence-electron chi connectivity index (χ0n) is 24.1. The van der Waals surface area contributed by atoms with E-state index < -0.39 is 34.3 Å². The van der Waals surface area contributed by atoms with Crippen LogP contribution in [0.1, 0.15) is 26.3 Å². The Morgan fingerprint density at radius 1 is 0.929 bits per heavy atom. The van der Waals surface area contributed by atoms with Crippen molar-refractivity contribution in [2.75, 3.05) is 31.6 Å². The maximum atomic E-state index is 14.0. The van der Waals surface area contributed by atoms with E-state index in [0.29, 0.717) is 12.3 Å². The summed E-state index contributed by atoms with van der Waals surface area (Å²) < 4.78 is 54.1. The van der Waals surface area contributed by atoms with Crippen LogP contribution in [-0.2, 0) is 26.2 Å². The molecule has 0 aromatic heterocycles.